The van der Waals surface area contributed by atoms with Crippen molar-refractivity contribution in [2.75, 3.05) is 26.0 Å². The van der Waals surface area contributed by atoms with Crippen molar-refractivity contribution in [3.8, 4) is 5.75 Å². The van der Waals surface area contributed by atoms with Gasteiger partial charge in [0.1, 0.15) is 11.6 Å². The smallest absolute Gasteiger partial charge is 0.419 e. The molecule has 10 heteroatoms. The van der Waals surface area contributed by atoms with E-state index in [1.807, 2.05) is 49.1 Å². The van der Waals surface area contributed by atoms with Gasteiger partial charge in [0.25, 0.3) is 0 Å². The Morgan fingerprint density at radius 2 is 1.67 bits per heavy atom. The molecule has 0 saturated heterocycles. The number of sulfone groups is 1. The van der Waals surface area contributed by atoms with Crippen LogP contribution in [0, 0.1) is 5.82 Å². The Balaban J connectivity index is 1.77. The first kappa shape index (κ1) is 30.3. The number of carbonyl (C=O) groups is 1. The fourth-order valence-corrected chi connectivity index (χ4v) is 5.29. The molecule has 210 valence electrons. The fraction of sp³-hybridized carbons (Fsp3) is 0.345. The zero-order valence-corrected chi connectivity index (χ0v) is 22.8. The van der Waals surface area contributed by atoms with Gasteiger partial charge in [-0.3, -0.25) is 9.69 Å². The minimum absolute atomic E-state index is 0.0299. The summed E-state index contributed by atoms with van der Waals surface area (Å²) in [5.41, 5.74) is -0.695. The lowest BCUT2D eigenvalue weighted by Gasteiger charge is -2.33. The van der Waals surface area contributed by atoms with Gasteiger partial charge in [-0.25, -0.2) is 12.8 Å². The molecule has 0 aliphatic carbocycles. The van der Waals surface area contributed by atoms with Crippen LogP contribution in [0.5, 0.6) is 5.75 Å². The van der Waals surface area contributed by atoms with Gasteiger partial charge >= 0.3 is 6.18 Å². The van der Waals surface area contributed by atoms with Crippen LogP contribution in [-0.4, -0.2) is 45.6 Å². The van der Waals surface area contributed by atoms with E-state index in [1.54, 1.807) is 0 Å². The lowest BCUT2D eigenvalue weighted by atomic mass is 9.84. The maximum Gasteiger partial charge on any atom is 0.419 e. The molecule has 0 N–H and O–H groups in total. The Morgan fingerprint density at radius 1 is 0.974 bits per heavy atom. The third-order valence-corrected chi connectivity index (χ3v) is 7.50. The van der Waals surface area contributed by atoms with Gasteiger partial charge in [-0.05, 0) is 36.2 Å². The molecule has 0 atom stereocenters. The average Bonchev–Trinajstić information content (AvgIpc) is 2.86. The zero-order valence-electron chi connectivity index (χ0n) is 22.0. The van der Waals surface area contributed by atoms with Gasteiger partial charge in [0.05, 0.1) is 17.1 Å². The monoisotopic (exact) mass is 565 g/mol. The Morgan fingerprint density at radius 3 is 2.28 bits per heavy atom. The summed E-state index contributed by atoms with van der Waals surface area (Å²) in [6.45, 7) is 4.94. The van der Waals surface area contributed by atoms with E-state index in [-0.39, 0.29) is 34.9 Å². The van der Waals surface area contributed by atoms with Crippen molar-refractivity contribution in [2.24, 2.45) is 0 Å². The van der Waals surface area contributed by atoms with Gasteiger partial charge in [-0.15, -0.1) is 0 Å². The van der Waals surface area contributed by atoms with E-state index in [0.717, 1.165) is 17.9 Å². The van der Waals surface area contributed by atoms with Crippen LogP contribution in [0.4, 0.5) is 17.6 Å². The molecule has 0 radical (unpaired) electrons. The number of rotatable bonds is 12. The van der Waals surface area contributed by atoms with E-state index in [9.17, 15) is 30.8 Å². The number of carbonyl (C=O) groups excluding carboxylic acids is 1. The largest absolute Gasteiger partial charge is 0.494 e. The van der Waals surface area contributed by atoms with Crippen LogP contribution < -0.4 is 4.74 Å². The second-order valence-corrected chi connectivity index (χ2v) is 12.0. The molecule has 3 aromatic rings. The van der Waals surface area contributed by atoms with Gasteiger partial charge in [0.2, 0.25) is 0 Å². The number of benzene rings is 3. The molecule has 0 aliphatic rings. The third-order valence-electron chi connectivity index (χ3n) is 6.35. The summed E-state index contributed by atoms with van der Waals surface area (Å²) in [7, 11) is -3.65. The Kier molecular flexibility index (Phi) is 9.55. The first-order valence-corrected chi connectivity index (χ1v) is 14.2. The van der Waals surface area contributed by atoms with Crippen LogP contribution in [0.15, 0.2) is 71.6 Å². The number of alkyl halides is 3. The minimum Gasteiger partial charge on any atom is -0.494 e. The first-order chi connectivity index (χ1) is 18.2. The van der Waals surface area contributed by atoms with Gasteiger partial charge in [-0.1, -0.05) is 56.3 Å². The van der Waals surface area contributed by atoms with Crippen molar-refractivity contribution < 1.29 is 35.5 Å². The Hall–Kier alpha value is -3.24. The molecule has 0 bridgehead atoms. The molecular weight excluding hydrogens is 534 g/mol. The molecule has 0 saturated carbocycles. The summed E-state index contributed by atoms with van der Waals surface area (Å²) in [6, 6.07) is 17.1. The van der Waals surface area contributed by atoms with Gasteiger partial charge in [0.15, 0.2) is 16.1 Å². The van der Waals surface area contributed by atoms with Crippen molar-refractivity contribution in [3.05, 3.63) is 94.8 Å². The molecule has 3 aromatic carbocycles. The summed E-state index contributed by atoms with van der Waals surface area (Å²) < 4.78 is 84.4. The van der Waals surface area contributed by atoms with Crippen molar-refractivity contribution in [3.63, 3.8) is 0 Å². The second-order valence-electron chi connectivity index (χ2n) is 10.0. The number of hydrogen-bond acceptors (Lipinski definition) is 5. The minimum atomic E-state index is -4.80. The molecule has 0 aromatic heterocycles. The molecule has 0 unspecified atom stereocenters. The predicted octanol–water partition coefficient (Wildman–Crippen LogP) is 6.31. The maximum absolute atomic E-state index is 14.8. The molecule has 0 aliphatic heterocycles. The zero-order chi connectivity index (χ0) is 28.8. The van der Waals surface area contributed by atoms with Gasteiger partial charge < -0.3 is 4.74 Å². The highest BCUT2D eigenvalue weighted by atomic mass is 32.2. The summed E-state index contributed by atoms with van der Waals surface area (Å²) in [6.07, 6.45) is -2.92. The van der Waals surface area contributed by atoms with Gasteiger partial charge in [-0.2, -0.15) is 13.2 Å². The lowest BCUT2D eigenvalue weighted by molar-refractivity contribution is -0.140. The summed E-state index contributed by atoms with van der Waals surface area (Å²) in [5.74, 6) is -1.02. The molecular formula is C29H31F4NO4S. The molecule has 0 spiro atoms. The highest BCUT2D eigenvalue weighted by molar-refractivity contribution is 7.90. The van der Waals surface area contributed by atoms with Gasteiger partial charge in [0, 0.05) is 42.4 Å². The molecule has 3 rings (SSSR count). The fourth-order valence-electron chi connectivity index (χ4n) is 4.42. The Bertz CT molecular complexity index is 1390. The summed E-state index contributed by atoms with van der Waals surface area (Å²) >= 11 is 0. The van der Waals surface area contributed by atoms with Crippen molar-refractivity contribution in [1.29, 1.82) is 0 Å². The normalized spacial score (nSPS) is 12.5. The first-order valence-electron chi connectivity index (χ1n) is 12.3. The number of aldehydes is 1. The molecule has 0 amide bonds. The van der Waals surface area contributed by atoms with Crippen LogP contribution in [0.3, 0.4) is 0 Å². The lowest BCUT2D eigenvalue weighted by Crippen LogP contribution is -2.38. The number of hydrogen-bond donors (Lipinski definition) is 0. The molecule has 0 heterocycles. The summed E-state index contributed by atoms with van der Waals surface area (Å²) in [4.78, 5) is 12.9. The molecule has 39 heavy (non-hydrogen) atoms. The highest BCUT2D eigenvalue weighted by Crippen LogP contribution is 2.33. The average molecular weight is 566 g/mol. The van der Waals surface area contributed by atoms with E-state index in [0.29, 0.717) is 25.8 Å². The van der Waals surface area contributed by atoms with Crippen LogP contribution >= 0.6 is 0 Å². The van der Waals surface area contributed by atoms with E-state index in [2.05, 4.69) is 0 Å². The summed E-state index contributed by atoms with van der Waals surface area (Å²) in [5, 5.41) is 0. The van der Waals surface area contributed by atoms with E-state index >= 15 is 0 Å². The van der Waals surface area contributed by atoms with Crippen LogP contribution in [0.25, 0.3) is 0 Å². The van der Waals surface area contributed by atoms with Crippen molar-refractivity contribution in [1.82, 2.24) is 4.90 Å². The predicted molar refractivity (Wildman–Crippen MR) is 141 cm³/mol. The maximum atomic E-state index is 14.8. The van der Waals surface area contributed by atoms with Crippen LogP contribution in [0.1, 0.15) is 47.3 Å². The molecule has 0 fully saturated rings. The Labute approximate surface area is 226 Å². The third kappa shape index (κ3) is 8.12. The standard InChI is InChI=1S/C29H31F4NO4S/c1-28(2,23-10-5-4-6-11-23)20-34(18-21-9-7-12-25(27(21)30)29(31,32)33)15-8-16-38-24-14-13-22(19-35)26(17-24)39(3,36)37/h4-7,9-14,17,19H,8,15-16,18,20H2,1-3H3. The van der Waals surface area contributed by atoms with Crippen molar-refractivity contribution >= 4 is 16.1 Å². The van der Waals surface area contributed by atoms with E-state index in [1.165, 1.54) is 30.3 Å². The van der Waals surface area contributed by atoms with Crippen LogP contribution in [-0.2, 0) is 28.0 Å². The number of halogens is 4. The second kappa shape index (κ2) is 12.3. The molecule has 5 nitrogen and oxygen atoms in total. The number of nitrogens with zero attached hydrogens (tertiary/aromatic N) is 1. The van der Waals surface area contributed by atoms with E-state index in [4.69, 9.17) is 4.74 Å². The number of ether oxygens (including phenoxy) is 1. The van der Waals surface area contributed by atoms with Crippen LogP contribution in [0.2, 0.25) is 0 Å². The quantitative estimate of drug-likeness (QED) is 0.146. The van der Waals surface area contributed by atoms with E-state index < -0.39 is 32.8 Å². The van der Waals surface area contributed by atoms with Crippen molar-refractivity contribution in [2.45, 2.75) is 43.3 Å². The highest BCUT2D eigenvalue weighted by Gasteiger charge is 2.35. The SMILES string of the molecule is CC(C)(CN(CCCOc1ccc(C=O)c(S(C)(=O)=O)c1)Cc1cccc(C(F)(F)F)c1F)c1ccccc1. The topological polar surface area (TPSA) is 63.7 Å².